The second-order valence-electron chi connectivity index (χ2n) is 5.92. The van der Waals surface area contributed by atoms with Gasteiger partial charge in [0.05, 0.1) is 13.2 Å². The molecule has 1 aliphatic carbocycles. The number of ketones is 1. The molecule has 3 rings (SSSR count). The van der Waals surface area contributed by atoms with Crippen LogP contribution in [0.1, 0.15) is 24.8 Å². The van der Waals surface area contributed by atoms with Gasteiger partial charge in [-0.3, -0.25) is 9.69 Å². The quantitative estimate of drug-likeness (QED) is 0.628. The van der Waals surface area contributed by atoms with Crippen LogP contribution >= 0.6 is 0 Å². The molecule has 2 atom stereocenters. The summed E-state index contributed by atoms with van der Waals surface area (Å²) in [7, 11) is 1.28. The zero-order valence-corrected chi connectivity index (χ0v) is 13.4. The first-order chi connectivity index (χ1) is 11.6. The summed E-state index contributed by atoms with van der Waals surface area (Å²) in [4.78, 5) is 37.7. The molecule has 1 aliphatic heterocycles. The molecule has 0 unspecified atom stereocenters. The number of nitrogens with zero attached hydrogens (tertiary/aromatic N) is 1. The molecule has 1 fully saturated rings. The number of methoxy groups -OCH3 is 1. The van der Waals surface area contributed by atoms with Crippen LogP contribution in [0.25, 0.3) is 0 Å². The van der Waals surface area contributed by atoms with Gasteiger partial charge in [0.25, 0.3) is 0 Å². The van der Waals surface area contributed by atoms with Crippen molar-refractivity contribution in [3.05, 3.63) is 47.5 Å². The second kappa shape index (κ2) is 6.86. The number of ether oxygens (including phenoxy) is 2. The fourth-order valence-corrected chi connectivity index (χ4v) is 3.18. The molecule has 0 aromatic heterocycles. The molecule has 1 aromatic rings. The molecule has 6 nitrogen and oxygen atoms in total. The van der Waals surface area contributed by atoms with E-state index >= 15 is 0 Å². The highest BCUT2D eigenvalue weighted by Gasteiger charge is 2.45. The molecule has 0 saturated heterocycles. The molecule has 1 aromatic carbocycles. The van der Waals surface area contributed by atoms with E-state index in [0.29, 0.717) is 12.8 Å². The first kappa shape index (κ1) is 16.2. The lowest BCUT2D eigenvalue weighted by Crippen LogP contribution is -2.48. The smallest absolute Gasteiger partial charge is 0.411 e. The molecule has 24 heavy (non-hydrogen) atoms. The Morgan fingerprint density at radius 2 is 1.96 bits per heavy atom. The Hall–Kier alpha value is -2.63. The summed E-state index contributed by atoms with van der Waals surface area (Å²) in [6.45, 7) is 0.111. The van der Waals surface area contributed by atoms with E-state index in [1.807, 2.05) is 30.3 Å². The number of hydrogen-bond acceptors (Lipinski definition) is 5. The van der Waals surface area contributed by atoms with Crippen molar-refractivity contribution in [3.63, 3.8) is 0 Å². The fourth-order valence-electron chi connectivity index (χ4n) is 3.18. The molecule has 0 N–H and O–H groups in total. The summed E-state index contributed by atoms with van der Waals surface area (Å²) in [5.41, 5.74) is 1.79. The van der Waals surface area contributed by atoms with Gasteiger partial charge in [0.2, 0.25) is 0 Å². The van der Waals surface area contributed by atoms with Gasteiger partial charge < -0.3 is 9.47 Å². The Bertz CT molecular complexity index is 682. The SMILES string of the molecule is COC(=O)[C@@H]1C=C2CCC(=O)C[C@H]2N1C(=O)OCc1ccccc1. The summed E-state index contributed by atoms with van der Waals surface area (Å²) in [6.07, 6.45) is 2.36. The normalized spacial score (nSPS) is 22.6. The van der Waals surface area contributed by atoms with Crippen molar-refractivity contribution < 1.29 is 23.9 Å². The zero-order valence-electron chi connectivity index (χ0n) is 13.4. The maximum absolute atomic E-state index is 12.6. The highest BCUT2D eigenvalue weighted by molar-refractivity contribution is 5.88. The zero-order chi connectivity index (χ0) is 17.1. The van der Waals surface area contributed by atoms with Gasteiger partial charge in [-0.05, 0) is 23.6 Å². The van der Waals surface area contributed by atoms with Crippen LogP contribution in [-0.2, 0) is 25.7 Å². The number of benzene rings is 1. The van der Waals surface area contributed by atoms with E-state index in [4.69, 9.17) is 9.47 Å². The van der Waals surface area contributed by atoms with Gasteiger partial charge in [0.1, 0.15) is 12.4 Å². The highest BCUT2D eigenvalue weighted by Crippen LogP contribution is 2.34. The van der Waals surface area contributed by atoms with E-state index < -0.39 is 24.1 Å². The third-order valence-corrected chi connectivity index (χ3v) is 4.41. The van der Waals surface area contributed by atoms with E-state index in [1.54, 1.807) is 6.08 Å². The van der Waals surface area contributed by atoms with Crippen molar-refractivity contribution in [2.45, 2.75) is 38.0 Å². The number of rotatable bonds is 3. The number of Topliss-reactive ketones (excluding diaryl/α,β-unsaturated/α-hetero) is 1. The maximum Gasteiger partial charge on any atom is 0.411 e. The van der Waals surface area contributed by atoms with Gasteiger partial charge in [-0.25, -0.2) is 9.59 Å². The molecular weight excluding hydrogens is 310 g/mol. The monoisotopic (exact) mass is 329 g/mol. The molecule has 2 aliphatic rings. The van der Waals surface area contributed by atoms with Crippen molar-refractivity contribution in [3.8, 4) is 0 Å². The first-order valence-electron chi connectivity index (χ1n) is 7.89. The Morgan fingerprint density at radius 1 is 1.21 bits per heavy atom. The number of fused-ring (bicyclic) bond motifs is 1. The Balaban J connectivity index is 1.75. The average molecular weight is 329 g/mol. The Labute approximate surface area is 140 Å². The van der Waals surface area contributed by atoms with Crippen molar-refractivity contribution in [1.82, 2.24) is 4.90 Å². The van der Waals surface area contributed by atoms with Crippen LogP contribution < -0.4 is 0 Å². The summed E-state index contributed by atoms with van der Waals surface area (Å²) in [5, 5.41) is 0. The standard InChI is InChI=1S/C18H19NO5/c1-23-17(21)16-9-13-7-8-14(20)10-15(13)19(16)18(22)24-11-12-5-3-2-4-6-12/h2-6,9,15-16H,7-8,10-11H2,1H3/t15-,16+/m1/s1. The highest BCUT2D eigenvalue weighted by atomic mass is 16.6. The van der Waals surface area contributed by atoms with Crippen LogP contribution in [0.2, 0.25) is 0 Å². The summed E-state index contributed by atoms with van der Waals surface area (Å²) in [5.74, 6) is -0.440. The molecule has 0 bridgehead atoms. The third-order valence-electron chi connectivity index (χ3n) is 4.41. The lowest BCUT2D eigenvalue weighted by Gasteiger charge is -2.31. The van der Waals surface area contributed by atoms with Crippen molar-refractivity contribution in [2.24, 2.45) is 0 Å². The number of carbonyl (C=O) groups is 3. The van der Waals surface area contributed by atoms with Gasteiger partial charge >= 0.3 is 12.1 Å². The molecule has 1 heterocycles. The van der Waals surface area contributed by atoms with E-state index in [0.717, 1.165) is 11.1 Å². The number of carbonyl (C=O) groups excluding carboxylic acids is 3. The van der Waals surface area contributed by atoms with Crippen molar-refractivity contribution in [1.29, 1.82) is 0 Å². The van der Waals surface area contributed by atoms with Crippen LogP contribution in [-0.4, -0.2) is 41.9 Å². The number of hydrogen-bond donors (Lipinski definition) is 0. The van der Waals surface area contributed by atoms with Crippen LogP contribution in [0, 0.1) is 0 Å². The van der Waals surface area contributed by atoms with Crippen LogP contribution in [0.4, 0.5) is 4.79 Å². The van der Waals surface area contributed by atoms with Gasteiger partial charge in [-0.1, -0.05) is 30.3 Å². The predicted octanol–water partition coefficient (Wildman–Crippen LogP) is 2.23. The van der Waals surface area contributed by atoms with Crippen LogP contribution in [0.5, 0.6) is 0 Å². The third kappa shape index (κ3) is 3.18. The molecular formula is C18H19NO5. The van der Waals surface area contributed by atoms with Crippen LogP contribution in [0.15, 0.2) is 42.0 Å². The van der Waals surface area contributed by atoms with Gasteiger partial charge in [0.15, 0.2) is 6.04 Å². The number of amides is 1. The van der Waals surface area contributed by atoms with Gasteiger partial charge in [-0.15, -0.1) is 0 Å². The molecule has 6 heteroatoms. The van der Waals surface area contributed by atoms with Gasteiger partial charge in [0, 0.05) is 12.8 Å². The minimum absolute atomic E-state index is 0.0866. The number of esters is 1. The van der Waals surface area contributed by atoms with E-state index in [9.17, 15) is 14.4 Å². The predicted molar refractivity (Wildman–Crippen MR) is 85.0 cm³/mol. The lowest BCUT2D eigenvalue weighted by atomic mass is 9.90. The van der Waals surface area contributed by atoms with E-state index in [2.05, 4.69) is 0 Å². The molecule has 0 spiro atoms. The van der Waals surface area contributed by atoms with E-state index in [1.165, 1.54) is 12.0 Å². The minimum atomic E-state index is -0.829. The largest absolute Gasteiger partial charge is 0.467 e. The second-order valence-corrected chi connectivity index (χ2v) is 5.92. The minimum Gasteiger partial charge on any atom is -0.467 e. The van der Waals surface area contributed by atoms with Gasteiger partial charge in [-0.2, -0.15) is 0 Å². The topological polar surface area (TPSA) is 72.9 Å². The summed E-state index contributed by atoms with van der Waals surface area (Å²) < 4.78 is 10.1. The Kier molecular flexibility index (Phi) is 4.64. The van der Waals surface area contributed by atoms with E-state index in [-0.39, 0.29) is 18.8 Å². The first-order valence-corrected chi connectivity index (χ1v) is 7.89. The van der Waals surface area contributed by atoms with Crippen molar-refractivity contribution >= 4 is 17.8 Å². The average Bonchev–Trinajstić information content (AvgIpc) is 2.98. The molecule has 1 saturated carbocycles. The molecule has 126 valence electrons. The summed E-state index contributed by atoms with van der Waals surface area (Å²) in [6, 6.07) is 8.06. The lowest BCUT2D eigenvalue weighted by molar-refractivity contribution is -0.145. The van der Waals surface area contributed by atoms with Crippen LogP contribution in [0.3, 0.4) is 0 Å². The maximum atomic E-state index is 12.6. The molecule has 1 amide bonds. The fraction of sp³-hybridized carbons (Fsp3) is 0.389. The Morgan fingerprint density at radius 3 is 2.67 bits per heavy atom. The van der Waals surface area contributed by atoms with Crippen molar-refractivity contribution in [2.75, 3.05) is 7.11 Å². The molecule has 0 radical (unpaired) electrons. The summed E-state index contributed by atoms with van der Waals surface area (Å²) >= 11 is 0.